The number of carbonyl (C=O) groups excluding carboxylic acids is 1. The zero-order valence-corrected chi connectivity index (χ0v) is 19.8. The van der Waals surface area contributed by atoms with Crippen LogP contribution in [0.5, 0.6) is 23.0 Å². The van der Waals surface area contributed by atoms with Crippen LogP contribution < -0.4 is 32.0 Å². The Bertz CT molecular complexity index is 1170. The fraction of sp³-hybridized carbons (Fsp3) is 0.222. The molecule has 0 radical (unpaired) electrons. The molecule has 4 rings (SSSR count). The molecule has 0 spiro atoms. The smallest absolute Gasteiger partial charge is 0.227 e. The molecule has 0 atom stereocenters. The van der Waals surface area contributed by atoms with Crippen molar-refractivity contribution in [3.05, 3.63) is 77.9 Å². The molecule has 9 nitrogen and oxygen atoms in total. The third-order valence-electron chi connectivity index (χ3n) is 6.09. The molecule has 3 aromatic carbocycles. The van der Waals surface area contributed by atoms with Crippen LogP contribution in [0.3, 0.4) is 0 Å². The number of carbonyl (C=O) groups is 1. The summed E-state index contributed by atoms with van der Waals surface area (Å²) in [6.45, 7) is 0. The van der Waals surface area contributed by atoms with E-state index < -0.39 is 0 Å². The largest absolute Gasteiger partial charge is 0.457 e. The number of amidine groups is 2. The van der Waals surface area contributed by atoms with Crippen LogP contribution in [0.4, 0.5) is 5.69 Å². The second-order valence-electron chi connectivity index (χ2n) is 8.87. The van der Waals surface area contributed by atoms with Crippen molar-refractivity contribution in [1.29, 1.82) is 10.8 Å². The molecule has 1 fully saturated rings. The lowest BCUT2D eigenvalue weighted by molar-refractivity contribution is -0.120. The van der Waals surface area contributed by atoms with Gasteiger partial charge in [-0.3, -0.25) is 15.6 Å². The van der Waals surface area contributed by atoms with E-state index in [4.69, 9.17) is 37.5 Å². The van der Waals surface area contributed by atoms with E-state index in [2.05, 4.69) is 5.32 Å². The summed E-state index contributed by atoms with van der Waals surface area (Å²) < 4.78 is 12.0. The molecule has 9 N–H and O–H groups in total. The van der Waals surface area contributed by atoms with Gasteiger partial charge in [0.25, 0.3) is 0 Å². The Balaban J connectivity index is 1.57. The summed E-state index contributed by atoms with van der Waals surface area (Å²) in [5.74, 6) is 1.82. The van der Waals surface area contributed by atoms with Crippen LogP contribution in [0.2, 0.25) is 0 Å². The van der Waals surface area contributed by atoms with Crippen molar-refractivity contribution >= 4 is 23.3 Å². The van der Waals surface area contributed by atoms with Gasteiger partial charge in [0.2, 0.25) is 5.91 Å². The van der Waals surface area contributed by atoms with Crippen molar-refractivity contribution in [2.75, 3.05) is 5.32 Å². The molecular formula is C27H30N6O3. The molecule has 1 saturated carbocycles. The summed E-state index contributed by atoms with van der Waals surface area (Å²) in [5, 5.41) is 18.1. The first kappa shape index (κ1) is 24.7. The number of benzene rings is 3. The quantitative estimate of drug-likeness (QED) is 0.204. The van der Waals surface area contributed by atoms with Crippen LogP contribution >= 0.6 is 0 Å². The number of rotatable bonds is 8. The van der Waals surface area contributed by atoms with Gasteiger partial charge >= 0.3 is 0 Å². The maximum Gasteiger partial charge on any atom is 0.227 e. The van der Waals surface area contributed by atoms with Crippen LogP contribution in [0, 0.1) is 16.7 Å². The van der Waals surface area contributed by atoms with E-state index in [1.165, 1.54) is 0 Å². The predicted molar refractivity (Wildman–Crippen MR) is 140 cm³/mol. The average Bonchev–Trinajstić information content (AvgIpc) is 2.85. The highest BCUT2D eigenvalue weighted by atomic mass is 16.5. The van der Waals surface area contributed by atoms with E-state index in [9.17, 15) is 4.79 Å². The Labute approximate surface area is 209 Å². The molecule has 1 amide bonds. The molecule has 0 heterocycles. The van der Waals surface area contributed by atoms with Gasteiger partial charge in [0.1, 0.15) is 34.7 Å². The van der Waals surface area contributed by atoms with E-state index in [0.29, 0.717) is 39.8 Å². The summed E-state index contributed by atoms with van der Waals surface area (Å²) in [7, 11) is 0. The van der Waals surface area contributed by atoms with E-state index in [1.54, 1.807) is 66.7 Å². The second-order valence-corrected chi connectivity index (χ2v) is 8.87. The molecule has 9 heteroatoms. The molecule has 186 valence electrons. The second kappa shape index (κ2) is 10.9. The van der Waals surface area contributed by atoms with Crippen LogP contribution in [0.15, 0.2) is 66.7 Å². The molecule has 1 aliphatic rings. The van der Waals surface area contributed by atoms with Crippen molar-refractivity contribution in [1.82, 2.24) is 0 Å². The highest BCUT2D eigenvalue weighted by Crippen LogP contribution is 2.33. The first-order valence-corrected chi connectivity index (χ1v) is 11.7. The minimum Gasteiger partial charge on any atom is -0.457 e. The molecular weight excluding hydrogens is 456 g/mol. The molecule has 36 heavy (non-hydrogen) atoms. The first-order chi connectivity index (χ1) is 17.3. The highest BCUT2D eigenvalue weighted by Gasteiger charge is 2.25. The number of nitrogens with one attached hydrogen (secondary N) is 3. The lowest BCUT2D eigenvalue weighted by Crippen LogP contribution is -2.32. The van der Waals surface area contributed by atoms with Gasteiger partial charge in [0, 0.05) is 47.0 Å². The predicted octanol–water partition coefficient (Wildman–Crippen LogP) is 4.30. The topological polar surface area (TPSA) is 173 Å². The Morgan fingerprint density at radius 2 is 1.17 bits per heavy atom. The lowest BCUT2D eigenvalue weighted by atomic mass is 9.86. The Morgan fingerprint density at radius 1 is 0.722 bits per heavy atom. The third kappa shape index (κ3) is 6.39. The van der Waals surface area contributed by atoms with Gasteiger partial charge in [0.05, 0.1) is 0 Å². The number of amides is 1. The van der Waals surface area contributed by atoms with Gasteiger partial charge in [-0.05, 0) is 74.2 Å². The van der Waals surface area contributed by atoms with Crippen molar-refractivity contribution < 1.29 is 14.3 Å². The molecule has 3 aromatic rings. The number of nitrogens with two attached hydrogens (primary N) is 3. The number of hydrogen-bond donors (Lipinski definition) is 6. The van der Waals surface area contributed by atoms with Crippen molar-refractivity contribution in [3.8, 4) is 23.0 Å². The molecule has 0 saturated heterocycles. The van der Waals surface area contributed by atoms with Crippen molar-refractivity contribution in [3.63, 3.8) is 0 Å². The van der Waals surface area contributed by atoms with Crippen LogP contribution in [0.1, 0.15) is 36.8 Å². The summed E-state index contributed by atoms with van der Waals surface area (Å²) in [5.41, 5.74) is 18.8. The molecule has 0 bridgehead atoms. The Hall–Kier alpha value is -4.37. The van der Waals surface area contributed by atoms with E-state index in [0.717, 1.165) is 25.7 Å². The summed E-state index contributed by atoms with van der Waals surface area (Å²) in [6.07, 6.45) is 3.19. The average molecular weight is 487 g/mol. The monoisotopic (exact) mass is 486 g/mol. The van der Waals surface area contributed by atoms with Crippen molar-refractivity contribution in [2.45, 2.75) is 31.7 Å². The first-order valence-electron chi connectivity index (χ1n) is 11.7. The minimum absolute atomic E-state index is 0.0265. The number of ether oxygens (including phenoxy) is 2. The Kier molecular flexibility index (Phi) is 7.50. The lowest BCUT2D eigenvalue weighted by Gasteiger charge is -2.25. The van der Waals surface area contributed by atoms with Gasteiger partial charge in [-0.25, -0.2) is 0 Å². The van der Waals surface area contributed by atoms with Crippen LogP contribution in [-0.2, 0) is 4.79 Å². The third-order valence-corrected chi connectivity index (χ3v) is 6.09. The zero-order chi connectivity index (χ0) is 25.7. The van der Waals surface area contributed by atoms with E-state index >= 15 is 0 Å². The van der Waals surface area contributed by atoms with Gasteiger partial charge < -0.3 is 32.0 Å². The molecule has 1 aliphatic carbocycles. The van der Waals surface area contributed by atoms with Gasteiger partial charge in [-0.15, -0.1) is 0 Å². The maximum absolute atomic E-state index is 12.9. The molecule has 0 unspecified atom stereocenters. The van der Waals surface area contributed by atoms with Gasteiger partial charge in [0.15, 0.2) is 0 Å². The van der Waals surface area contributed by atoms with Gasteiger partial charge in [-0.1, -0.05) is 0 Å². The molecule has 0 aliphatic heterocycles. The SMILES string of the molecule is N=C(N)c1ccc(Oc2cc(NC(=O)[C@H]3CC[C@@H](N)CC3)cc(Oc3ccc(C(=N)N)cc3)c2)cc1. The Morgan fingerprint density at radius 3 is 1.58 bits per heavy atom. The number of hydrogen-bond acceptors (Lipinski definition) is 6. The fourth-order valence-electron chi connectivity index (χ4n) is 4.06. The van der Waals surface area contributed by atoms with Crippen molar-refractivity contribution in [2.24, 2.45) is 23.1 Å². The van der Waals surface area contributed by atoms with E-state index in [-0.39, 0.29) is 29.5 Å². The van der Waals surface area contributed by atoms with Crippen LogP contribution in [0.25, 0.3) is 0 Å². The summed E-state index contributed by atoms with van der Waals surface area (Å²) in [4.78, 5) is 12.9. The fourth-order valence-corrected chi connectivity index (χ4v) is 4.06. The maximum atomic E-state index is 12.9. The highest BCUT2D eigenvalue weighted by molar-refractivity contribution is 5.95. The normalized spacial score (nSPS) is 17.1. The number of anilines is 1. The zero-order valence-electron chi connectivity index (χ0n) is 19.8. The van der Waals surface area contributed by atoms with Crippen LogP contribution in [-0.4, -0.2) is 23.6 Å². The summed E-state index contributed by atoms with van der Waals surface area (Å²) in [6, 6.07) is 19.0. The summed E-state index contributed by atoms with van der Waals surface area (Å²) >= 11 is 0. The minimum atomic E-state index is -0.0861. The standard InChI is InChI=1S/C27H30N6O3/c28-19-7-1-18(2-8-19)27(34)33-20-13-23(35-21-9-3-16(4-10-21)25(29)30)15-24(14-20)36-22-11-5-17(6-12-22)26(31)32/h3-6,9-15,18-19H,1-2,7-8,28H2,(H3,29,30)(H3,31,32)(H,33,34)/t18-,19+. The van der Waals surface area contributed by atoms with Gasteiger partial charge in [-0.2, -0.15) is 0 Å². The number of nitrogen functional groups attached to an aromatic ring is 2. The molecule has 0 aromatic heterocycles. The van der Waals surface area contributed by atoms with E-state index in [1.807, 2.05) is 0 Å².